The van der Waals surface area contributed by atoms with Gasteiger partial charge >= 0.3 is 5.69 Å². The van der Waals surface area contributed by atoms with Gasteiger partial charge in [-0.15, -0.1) is 0 Å². The van der Waals surface area contributed by atoms with Crippen LogP contribution in [0.2, 0.25) is 0 Å². The summed E-state index contributed by atoms with van der Waals surface area (Å²) in [6, 6.07) is 5.70. The van der Waals surface area contributed by atoms with Crippen molar-refractivity contribution in [3.8, 4) is 0 Å². The maximum atomic E-state index is 12.4. The largest absolute Gasteiger partial charge is 0.348 e. The molecule has 1 N–H and O–H groups in total. The van der Waals surface area contributed by atoms with E-state index in [9.17, 15) is 9.59 Å². The van der Waals surface area contributed by atoms with E-state index in [0.717, 1.165) is 16.6 Å². The van der Waals surface area contributed by atoms with Gasteiger partial charge in [0.1, 0.15) is 0 Å². The molecule has 2 aromatic heterocycles. The Morgan fingerprint density at radius 1 is 1.19 bits per heavy atom. The fraction of sp³-hybridized carbons (Fsp3) is 0.333. The van der Waals surface area contributed by atoms with E-state index in [2.05, 4.69) is 15.3 Å². The van der Waals surface area contributed by atoms with Crippen molar-refractivity contribution in [1.29, 1.82) is 0 Å². The Bertz CT molecular complexity index is 1050. The molecular formula is C18H22N6O2. The van der Waals surface area contributed by atoms with Gasteiger partial charge in [-0.1, -0.05) is 6.07 Å². The summed E-state index contributed by atoms with van der Waals surface area (Å²) in [7, 11) is 7.18. The number of aryl methyl sites for hydroxylation is 3. The molecule has 136 valence electrons. The standard InChI is InChI=1S/C18H22N6O2/c1-11-13(10-20-17(21-11)22(2)3)16(25)19-9-12-6-7-14-15(8-12)24(5)18(26)23(14)4/h6-8,10H,9H2,1-5H3,(H,19,25). The molecule has 0 radical (unpaired) electrons. The van der Waals surface area contributed by atoms with Gasteiger partial charge in [0.05, 0.1) is 22.3 Å². The lowest BCUT2D eigenvalue weighted by molar-refractivity contribution is 0.0949. The minimum atomic E-state index is -0.227. The van der Waals surface area contributed by atoms with Crippen LogP contribution in [0.3, 0.4) is 0 Å². The zero-order valence-corrected chi connectivity index (χ0v) is 15.6. The molecule has 0 fully saturated rings. The van der Waals surface area contributed by atoms with E-state index in [-0.39, 0.29) is 11.6 Å². The number of benzene rings is 1. The van der Waals surface area contributed by atoms with Crippen LogP contribution in [0.15, 0.2) is 29.2 Å². The van der Waals surface area contributed by atoms with E-state index >= 15 is 0 Å². The van der Waals surface area contributed by atoms with Crippen molar-refractivity contribution in [3.05, 3.63) is 51.7 Å². The second kappa shape index (κ2) is 6.62. The Balaban J connectivity index is 1.78. The van der Waals surface area contributed by atoms with Gasteiger partial charge in [-0.3, -0.25) is 13.9 Å². The van der Waals surface area contributed by atoms with Gasteiger partial charge in [-0.05, 0) is 24.6 Å². The Morgan fingerprint density at radius 2 is 1.88 bits per heavy atom. The Morgan fingerprint density at radius 3 is 2.54 bits per heavy atom. The van der Waals surface area contributed by atoms with Crippen LogP contribution in [0.25, 0.3) is 11.0 Å². The first-order chi connectivity index (χ1) is 12.3. The van der Waals surface area contributed by atoms with Crippen LogP contribution < -0.4 is 15.9 Å². The lowest BCUT2D eigenvalue weighted by Gasteiger charge is -2.12. The fourth-order valence-corrected chi connectivity index (χ4v) is 2.83. The maximum Gasteiger partial charge on any atom is 0.328 e. The van der Waals surface area contributed by atoms with E-state index in [0.29, 0.717) is 23.8 Å². The summed E-state index contributed by atoms with van der Waals surface area (Å²) in [4.78, 5) is 34.8. The average molecular weight is 354 g/mol. The van der Waals surface area contributed by atoms with Crippen LogP contribution in [-0.2, 0) is 20.6 Å². The number of amides is 1. The molecular weight excluding hydrogens is 332 g/mol. The van der Waals surface area contributed by atoms with Crippen molar-refractivity contribution in [3.63, 3.8) is 0 Å². The van der Waals surface area contributed by atoms with E-state index in [1.165, 1.54) is 6.20 Å². The lowest BCUT2D eigenvalue weighted by Crippen LogP contribution is -2.25. The van der Waals surface area contributed by atoms with Gasteiger partial charge in [0.25, 0.3) is 5.91 Å². The van der Waals surface area contributed by atoms with Gasteiger partial charge < -0.3 is 10.2 Å². The van der Waals surface area contributed by atoms with Crippen LogP contribution in [0, 0.1) is 6.92 Å². The summed E-state index contributed by atoms with van der Waals surface area (Å²) in [5.41, 5.74) is 3.60. The number of anilines is 1. The number of rotatable bonds is 4. The van der Waals surface area contributed by atoms with Crippen LogP contribution in [-0.4, -0.2) is 39.1 Å². The number of carbonyl (C=O) groups is 1. The monoisotopic (exact) mass is 354 g/mol. The molecule has 0 bridgehead atoms. The quantitative estimate of drug-likeness (QED) is 0.755. The van der Waals surface area contributed by atoms with Gasteiger partial charge in [0, 0.05) is 40.9 Å². The first-order valence-corrected chi connectivity index (χ1v) is 8.23. The average Bonchev–Trinajstić information content (AvgIpc) is 2.83. The third-order valence-electron chi connectivity index (χ3n) is 4.40. The summed E-state index contributed by atoms with van der Waals surface area (Å²) >= 11 is 0. The molecule has 1 aromatic carbocycles. The van der Waals surface area contributed by atoms with E-state index in [1.54, 1.807) is 35.1 Å². The van der Waals surface area contributed by atoms with Gasteiger partial charge in [-0.2, -0.15) is 0 Å². The van der Waals surface area contributed by atoms with Crippen LogP contribution in [0.4, 0.5) is 5.95 Å². The van der Waals surface area contributed by atoms with E-state index < -0.39 is 0 Å². The summed E-state index contributed by atoms with van der Waals surface area (Å²) in [6.07, 6.45) is 1.54. The Hall–Kier alpha value is -3.16. The van der Waals surface area contributed by atoms with Crippen molar-refractivity contribution in [2.75, 3.05) is 19.0 Å². The second-order valence-corrected chi connectivity index (χ2v) is 6.47. The lowest BCUT2D eigenvalue weighted by atomic mass is 10.2. The number of aromatic nitrogens is 4. The summed E-state index contributed by atoms with van der Waals surface area (Å²) in [5.74, 6) is 0.337. The first-order valence-electron chi connectivity index (χ1n) is 8.23. The normalized spacial score (nSPS) is 11.0. The summed E-state index contributed by atoms with van der Waals surface area (Å²) in [6.45, 7) is 2.14. The molecule has 0 aliphatic heterocycles. The Labute approximate surface area is 151 Å². The Kier molecular flexibility index (Phi) is 4.50. The van der Waals surface area contributed by atoms with Crippen molar-refractivity contribution in [2.45, 2.75) is 13.5 Å². The predicted octanol–water partition coefficient (Wildman–Crippen LogP) is 0.971. The highest BCUT2D eigenvalue weighted by atomic mass is 16.2. The molecule has 8 nitrogen and oxygen atoms in total. The summed E-state index contributed by atoms with van der Waals surface area (Å²) < 4.78 is 3.20. The number of hydrogen-bond acceptors (Lipinski definition) is 5. The van der Waals surface area contributed by atoms with Gasteiger partial charge in [0.15, 0.2) is 0 Å². The molecule has 3 rings (SSSR count). The highest BCUT2D eigenvalue weighted by Gasteiger charge is 2.13. The van der Waals surface area contributed by atoms with Crippen molar-refractivity contribution >= 4 is 22.9 Å². The highest BCUT2D eigenvalue weighted by Crippen LogP contribution is 2.14. The highest BCUT2D eigenvalue weighted by molar-refractivity contribution is 5.95. The molecule has 2 heterocycles. The summed E-state index contributed by atoms with van der Waals surface area (Å²) in [5, 5.41) is 2.88. The minimum Gasteiger partial charge on any atom is -0.348 e. The third-order valence-corrected chi connectivity index (χ3v) is 4.40. The maximum absolute atomic E-state index is 12.4. The van der Waals surface area contributed by atoms with E-state index in [4.69, 9.17) is 0 Å². The predicted molar refractivity (Wildman–Crippen MR) is 100 cm³/mol. The third kappa shape index (κ3) is 3.05. The molecule has 26 heavy (non-hydrogen) atoms. The molecule has 0 unspecified atom stereocenters. The molecule has 8 heteroatoms. The SMILES string of the molecule is Cc1nc(N(C)C)ncc1C(=O)NCc1ccc2c(c1)n(C)c(=O)n2C. The van der Waals surface area contributed by atoms with Crippen LogP contribution >= 0.6 is 0 Å². The second-order valence-electron chi connectivity index (χ2n) is 6.47. The number of nitrogens with zero attached hydrogens (tertiary/aromatic N) is 5. The van der Waals surface area contributed by atoms with Crippen molar-refractivity contribution < 1.29 is 4.79 Å². The molecule has 0 saturated carbocycles. The number of hydrogen-bond donors (Lipinski definition) is 1. The number of nitrogens with one attached hydrogen (secondary N) is 1. The molecule has 0 spiro atoms. The van der Waals surface area contributed by atoms with Crippen LogP contribution in [0.5, 0.6) is 0 Å². The zero-order valence-electron chi connectivity index (χ0n) is 15.6. The van der Waals surface area contributed by atoms with Crippen molar-refractivity contribution in [1.82, 2.24) is 24.4 Å². The van der Waals surface area contributed by atoms with Crippen LogP contribution in [0.1, 0.15) is 21.6 Å². The molecule has 3 aromatic rings. The molecule has 0 aliphatic rings. The number of carbonyl (C=O) groups excluding carboxylic acids is 1. The molecule has 1 amide bonds. The fourth-order valence-electron chi connectivity index (χ4n) is 2.83. The zero-order chi connectivity index (χ0) is 19.0. The van der Waals surface area contributed by atoms with Gasteiger partial charge in [0.2, 0.25) is 5.95 Å². The van der Waals surface area contributed by atoms with Crippen molar-refractivity contribution in [2.24, 2.45) is 14.1 Å². The first kappa shape index (κ1) is 17.7. The molecule has 0 atom stereocenters. The molecule has 0 aliphatic carbocycles. The molecule has 0 saturated heterocycles. The number of fused-ring (bicyclic) bond motifs is 1. The number of imidazole rings is 1. The van der Waals surface area contributed by atoms with E-state index in [1.807, 2.05) is 32.3 Å². The minimum absolute atomic E-state index is 0.0741. The topological polar surface area (TPSA) is 85.1 Å². The smallest absolute Gasteiger partial charge is 0.328 e. The van der Waals surface area contributed by atoms with Gasteiger partial charge in [-0.25, -0.2) is 14.8 Å².